The Kier molecular flexibility index (Phi) is 7.76. The molecular weight excluding hydrogens is 526 g/mol. The monoisotopic (exact) mass is 553 g/mol. The lowest BCUT2D eigenvalue weighted by atomic mass is 10.1. The molecule has 0 aliphatic carbocycles. The number of carbonyl (C=O) groups is 1. The maximum Gasteiger partial charge on any atom is 0.337 e. The number of benzene rings is 1. The van der Waals surface area contributed by atoms with Gasteiger partial charge in [-0.15, -0.1) is 10.2 Å². The maximum absolute atomic E-state index is 13.6. The zero-order valence-electron chi connectivity index (χ0n) is 21.9. The molecule has 13 nitrogen and oxygen atoms in total. The van der Waals surface area contributed by atoms with Crippen LogP contribution in [-0.2, 0) is 10.0 Å². The summed E-state index contributed by atoms with van der Waals surface area (Å²) in [6.45, 7) is 5.10. The molecule has 2 N–H and O–H groups in total. The van der Waals surface area contributed by atoms with E-state index in [9.17, 15) is 18.3 Å². The molecule has 0 bridgehead atoms. The Hall–Kier alpha value is -4.59. The van der Waals surface area contributed by atoms with Crippen molar-refractivity contribution in [3.8, 4) is 28.6 Å². The van der Waals surface area contributed by atoms with E-state index in [0.29, 0.717) is 23.0 Å². The summed E-state index contributed by atoms with van der Waals surface area (Å²) in [5.74, 6) is -0.779. The molecule has 0 aliphatic heterocycles. The van der Waals surface area contributed by atoms with Crippen molar-refractivity contribution in [1.29, 1.82) is 0 Å². The predicted octanol–water partition coefficient (Wildman–Crippen LogP) is 3.08. The fourth-order valence-electron chi connectivity index (χ4n) is 3.82. The fraction of sp³-hybridized carbons (Fsp3) is 0.280. The average molecular weight is 554 g/mol. The van der Waals surface area contributed by atoms with Crippen molar-refractivity contribution in [2.75, 3.05) is 18.9 Å². The van der Waals surface area contributed by atoms with Crippen LogP contribution in [0.5, 0.6) is 11.5 Å². The Morgan fingerprint density at radius 2 is 1.67 bits per heavy atom. The van der Waals surface area contributed by atoms with Crippen molar-refractivity contribution in [2.45, 2.75) is 31.9 Å². The van der Waals surface area contributed by atoms with E-state index in [2.05, 4.69) is 29.9 Å². The first-order chi connectivity index (χ1) is 18.6. The van der Waals surface area contributed by atoms with Crippen LogP contribution in [0.15, 0.2) is 49.1 Å². The molecule has 3 aromatic heterocycles. The molecule has 0 fully saturated rings. The number of aryl methyl sites for hydroxylation is 1. The molecule has 14 heteroatoms. The van der Waals surface area contributed by atoms with Crippen molar-refractivity contribution < 1.29 is 27.8 Å². The van der Waals surface area contributed by atoms with E-state index < -0.39 is 27.2 Å². The molecule has 2 atom stereocenters. The van der Waals surface area contributed by atoms with Crippen LogP contribution < -0.4 is 14.2 Å². The van der Waals surface area contributed by atoms with Gasteiger partial charge in [0.15, 0.2) is 5.82 Å². The Morgan fingerprint density at radius 1 is 1.03 bits per heavy atom. The van der Waals surface area contributed by atoms with Gasteiger partial charge in [0.05, 0.1) is 25.0 Å². The van der Waals surface area contributed by atoms with Gasteiger partial charge in [-0.3, -0.25) is 14.3 Å². The number of sulfonamides is 1. The van der Waals surface area contributed by atoms with Crippen molar-refractivity contribution >= 4 is 21.9 Å². The first-order valence-electron chi connectivity index (χ1n) is 11.7. The Balaban J connectivity index is 1.86. The molecule has 3 heterocycles. The van der Waals surface area contributed by atoms with Crippen LogP contribution in [0.1, 0.15) is 41.5 Å². The van der Waals surface area contributed by atoms with Gasteiger partial charge in [-0.05, 0) is 37.6 Å². The fourth-order valence-corrected chi connectivity index (χ4v) is 5.05. The molecule has 1 aromatic carbocycles. The van der Waals surface area contributed by atoms with Crippen LogP contribution in [0.4, 0.5) is 5.95 Å². The van der Waals surface area contributed by atoms with Crippen LogP contribution in [0.25, 0.3) is 17.1 Å². The average Bonchev–Trinajstić information content (AvgIpc) is 3.34. The second-order valence-corrected chi connectivity index (χ2v) is 10.8. The van der Waals surface area contributed by atoms with Gasteiger partial charge in [0.2, 0.25) is 16.0 Å². The molecule has 2 unspecified atom stereocenters. The Labute approximate surface area is 225 Å². The van der Waals surface area contributed by atoms with E-state index in [0.717, 1.165) is 5.56 Å². The van der Waals surface area contributed by atoms with Crippen molar-refractivity contribution in [3.05, 3.63) is 66.0 Å². The SMILES string of the molecule is COc1cccc(OC)c1-n1c(NS(=O)(=O)C(C)C(C)c2ncc(C)cn2)nnc1-c1cncc(C(=O)O)c1. The Bertz CT molecular complexity index is 1580. The van der Waals surface area contributed by atoms with E-state index >= 15 is 0 Å². The lowest BCUT2D eigenvalue weighted by Gasteiger charge is -2.21. The number of aromatic nitrogens is 6. The third kappa shape index (κ3) is 5.50. The number of rotatable bonds is 10. The molecule has 0 spiro atoms. The van der Waals surface area contributed by atoms with Crippen LogP contribution in [0, 0.1) is 6.92 Å². The molecule has 39 heavy (non-hydrogen) atoms. The molecule has 0 amide bonds. The number of hydrogen-bond donors (Lipinski definition) is 2. The largest absolute Gasteiger partial charge is 0.494 e. The minimum absolute atomic E-state index is 0.0864. The molecule has 0 radical (unpaired) electrons. The molecule has 0 aliphatic rings. The van der Waals surface area contributed by atoms with E-state index in [1.165, 1.54) is 37.2 Å². The highest BCUT2D eigenvalue weighted by Crippen LogP contribution is 2.38. The van der Waals surface area contributed by atoms with Crippen molar-refractivity contribution in [3.63, 3.8) is 0 Å². The predicted molar refractivity (Wildman–Crippen MR) is 142 cm³/mol. The molecular formula is C25H27N7O6S. The second-order valence-electron chi connectivity index (χ2n) is 8.72. The summed E-state index contributed by atoms with van der Waals surface area (Å²) in [6.07, 6.45) is 5.84. The zero-order chi connectivity index (χ0) is 28.3. The van der Waals surface area contributed by atoms with Crippen LogP contribution in [0.3, 0.4) is 0 Å². The summed E-state index contributed by atoms with van der Waals surface area (Å²) in [6, 6.07) is 6.37. The Morgan fingerprint density at radius 3 is 2.26 bits per heavy atom. The highest BCUT2D eigenvalue weighted by Gasteiger charge is 2.32. The number of carboxylic acids is 1. The lowest BCUT2D eigenvalue weighted by molar-refractivity contribution is 0.0696. The first-order valence-corrected chi connectivity index (χ1v) is 13.3. The summed E-state index contributed by atoms with van der Waals surface area (Å²) < 4.78 is 42.1. The van der Waals surface area contributed by atoms with Crippen LogP contribution >= 0.6 is 0 Å². The van der Waals surface area contributed by atoms with Gasteiger partial charge in [0.1, 0.15) is 23.0 Å². The third-order valence-corrected chi connectivity index (χ3v) is 8.02. The normalized spacial score (nSPS) is 12.9. The van der Waals surface area contributed by atoms with Gasteiger partial charge in [0.25, 0.3) is 0 Å². The van der Waals surface area contributed by atoms with Crippen molar-refractivity contribution in [1.82, 2.24) is 29.7 Å². The maximum atomic E-state index is 13.6. The molecule has 0 saturated heterocycles. The lowest BCUT2D eigenvalue weighted by Crippen LogP contribution is -2.31. The molecule has 204 valence electrons. The number of para-hydroxylation sites is 1. The van der Waals surface area contributed by atoms with Crippen molar-refractivity contribution in [2.24, 2.45) is 0 Å². The van der Waals surface area contributed by atoms with Gasteiger partial charge >= 0.3 is 5.97 Å². The van der Waals surface area contributed by atoms with E-state index in [1.807, 2.05) is 6.92 Å². The number of aromatic carboxylic acids is 1. The van der Waals surface area contributed by atoms with Gasteiger partial charge < -0.3 is 14.6 Å². The topological polar surface area (TPSA) is 171 Å². The number of methoxy groups -OCH3 is 2. The zero-order valence-corrected chi connectivity index (χ0v) is 22.7. The van der Waals surface area contributed by atoms with Gasteiger partial charge in [-0.25, -0.2) is 23.2 Å². The van der Waals surface area contributed by atoms with Gasteiger partial charge in [0, 0.05) is 36.3 Å². The number of carboxylic acid groups (broad SMARTS) is 1. The highest BCUT2D eigenvalue weighted by atomic mass is 32.2. The number of anilines is 1. The number of nitrogens with zero attached hydrogens (tertiary/aromatic N) is 6. The molecule has 4 rings (SSSR count). The summed E-state index contributed by atoms with van der Waals surface area (Å²) in [7, 11) is -1.18. The number of hydrogen-bond acceptors (Lipinski definition) is 10. The second kappa shape index (κ2) is 11.0. The smallest absolute Gasteiger partial charge is 0.337 e. The van der Waals surface area contributed by atoms with E-state index in [-0.39, 0.29) is 22.9 Å². The number of ether oxygens (including phenoxy) is 2. The minimum atomic E-state index is -4.08. The van der Waals surface area contributed by atoms with Crippen LogP contribution in [-0.4, -0.2) is 68.7 Å². The molecule has 0 saturated carbocycles. The highest BCUT2D eigenvalue weighted by molar-refractivity contribution is 7.93. The van der Waals surface area contributed by atoms with E-state index in [4.69, 9.17) is 9.47 Å². The molecule has 4 aromatic rings. The minimum Gasteiger partial charge on any atom is -0.494 e. The third-order valence-electron chi connectivity index (χ3n) is 6.17. The van der Waals surface area contributed by atoms with E-state index in [1.54, 1.807) is 44.4 Å². The van der Waals surface area contributed by atoms with Gasteiger partial charge in [-0.2, -0.15) is 0 Å². The van der Waals surface area contributed by atoms with Crippen LogP contribution in [0.2, 0.25) is 0 Å². The van der Waals surface area contributed by atoms with Gasteiger partial charge in [-0.1, -0.05) is 13.0 Å². The summed E-state index contributed by atoms with van der Waals surface area (Å²) in [5.41, 5.74) is 1.34. The summed E-state index contributed by atoms with van der Waals surface area (Å²) in [4.78, 5) is 24.1. The number of pyridine rings is 1. The standard InChI is InChI=1S/C25H27N7O6S/c1-14-10-27-22(28-11-14)15(2)16(3)39(35,36)31-25-30-29-23(17-9-18(24(33)34)13-26-12-17)32(25)21-19(37-4)7-6-8-20(21)38-5/h6-13,15-16H,1-5H3,(H,30,31)(H,33,34). The quantitative estimate of drug-likeness (QED) is 0.296. The first kappa shape index (κ1) is 27.4. The number of nitrogens with one attached hydrogen (secondary N) is 1. The summed E-state index contributed by atoms with van der Waals surface area (Å²) in [5, 5.41) is 16.8. The summed E-state index contributed by atoms with van der Waals surface area (Å²) >= 11 is 0.